The monoisotopic (exact) mass is 351 g/mol. The van der Waals surface area contributed by atoms with Crippen molar-refractivity contribution in [1.29, 1.82) is 0 Å². The Balaban J connectivity index is 1.64. The molecule has 3 rings (SSSR count). The molecule has 1 fully saturated rings. The number of phenols is 1. The van der Waals surface area contributed by atoms with Gasteiger partial charge in [-0.1, -0.05) is 40.8 Å². The molecule has 1 aromatic heterocycles. The number of aryl methyl sites for hydroxylation is 1. The van der Waals surface area contributed by atoms with E-state index in [0.29, 0.717) is 11.6 Å². The minimum absolute atomic E-state index is 0.123. The second-order valence-corrected chi connectivity index (χ2v) is 7.29. The van der Waals surface area contributed by atoms with Crippen LogP contribution in [-0.4, -0.2) is 33.5 Å². The van der Waals surface area contributed by atoms with Crippen LogP contribution in [0.3, 0.4) is 0 Å². The lowest BCUT2D eigenvalue weighted by atomic mass is 9.99. The SMILES string of the molecule is CSc1nnc(NC(=O)C2CC(c3cc(C)ccc3O)NN2)s1. The van der Waals surface area contributed by atoms with Crippen LogP contribution in [0.1, 0.15) is 23.6 Å². The largest absolute Gasteiger partial charge is 0.508 e. The van der Waals surface area contributed by atoms with Crippen molar-refractivity contribution in [2.24, 2.45) is 0 Å². The van der Waals surface area contributed by atoms with Crippen molar-refractivity contribution in [2.45, 2.75) is 29.8 Å². The van der Waals surface area contributed by atoms with Gasteiger partial charge in [-0.25, -0.2) is 10.9 Å². The van der Waals surface area contributed by atoms with Crippen LogP contribution in [0, 0.1) is 6.92 Å². The predicted octanol–water partition coefficient (Wildman–Crippen LogP) is 1.82. The van der Waals surface area contributed by atoms with E-state index in [2.05, 4.69) is 26.4 Å². The fraction of sp³-hybridized carbons (Fsp3) is 0.357. The van der Waals surface area contributed by atoms with Gasteiger partial charge in [-0.2, -0.15) is 0 Å². The van der Waals surface area contributed by atoms with E-state index in [1.54, 1.807) is 6.07 Å². The Morgan fingerprint density at radius 2 is 2.26 bits per heavy atom. The van der Waals surface area contributed by atoms with E-state index in [-0.39, 0.29) is 17.7 Å². The summed E-state index contributed by atoms with van der Waals surface area (Å²) in [5, 5.41) is 21.1. The summed E-state index contributed by atoms with van der Waals surface area (Å²) in [6.07, 6.45) is 2.45. The molecule has 7 nitrogen and oxygen atoms in total. The summed E-state index contributed by atoms with van der Waals surface area (Å²) >= 11 is 2.83. The van der Waals surface area contributed by atoms with Gasteiger partial charge in [0.15, 0.2) is 4.34 Å². The molecule has 1 amide bonds. The Kier molecular flexibility index (Phi) is 4.81. The third kappa shape index (κ3) is 3.63. The molecule has 1 aliphatic rings. The Morgan fingerprint density at radius 1 is 1.43 bits per heavy atom. The lowest BCUT2D eigenvalue weighted by molar-refractivity contribution is -0.117. The predicted molar refractivity (Wildman–Crippen MR) is 90.6 cm³/mol. The van der Waals surface area contributed by atoms with Gasteiger partial charge in [0.25, 0.3) is 0 Å². The molecule has 23 heavy (non-hydrogen) atoms. The molecule has 1 aliphatic heterocycles. The maximum absolute atomic E-state index is 12.3. The molecule has 4 N–H and O–H groups in total. The molecule has 9 heteroatoms. The number of rotatable bonds is 4. The molecule has 1 saturated heterocycles. The second kappa shape index (κ2) is 6.83. The maximum Gasteiger partial charge on any atom is 0.244 e. The number of hydrogen-bond acceptors (Lipinski definition) is 8. The van der Waals surface area contributed by atoms with Crippen LogP contribution >= 0.6 is 23.1 Å². The van der Waals surface area contributed by atoms with E-state index < -0.39 is 6.04 Å². The van der Waals surface area contributed by atoms with E-state index in [9.17, 15) is 9.90 Å². The van der Waals surface area contributed by atoms with E-state index in [1.165, 1.54) is 23.1 Å². The van der Waals surface area contributed by atoms with Gasteiger partial charge in [0.1, 0.15) is 11.8 Å². The van der Waals surface area contributed by atoms with E-state index in [4.69, 9.17) is 0 Å². The van der Waals surface area contributed by atoms with Gasteiger partial charge in [-0.15, -0.1) is 10.2 Å². The summed E-state index contributed by atoms with van der Waals surface area (Å²) in [7, 11) is 0. The summed E-state index contributed by atoms with van der Waals surface area (Å²) in [6, 6.07) is 4.92. The van der Waals surface area contributed by atoms with Crippen molar-refractivity contribution in [3.63, 3.8) is 0 Å². The number of thioether (sulfide) groups is 1. The minimum atomic E-state index is -0.401. The average molecular weight is 351 g/mol. The highest BCUT2D eigenvalue weighted by atomic mass is 32.2. The van der Waals surface area contributed by atoms with Gasteiger partial charge in [0, 0.05) is 5.56 Å². The highest BCUT2D eigenvalue weighted by Gasteiger charge is 2.31. The zero-order chi connectivity index (χ0) is 16.4. The van der Waals surface area contributed by atoms with Gasteiger partial charge in [0.2, 0.25) is 11.0 Å². The Morgan fingerprint density at radius 3 is 3.00 bits per heavy atom. The summed E-state index contributed by atoms with van der Waals surface area (Å²) in [5.74, 6) is 0.0561. The van der Waals surface area contributed by atoms with Crippen molar-refractivity contribution in [1.82, 2.24) is 21.0 Å². The summed E-state index contributed by atoms with van der Waals surface area (Å²) in [5.41, 5.74) is 7.88. The molecule has 0 radical (unpaired) electrons. The van der Waals surface area contributed by atoms with Crippen LogP contribution in [0.4, 0.5) is 5.13 Å². The quantitative estimate of drug-likeness (QED) is 0.492. The lowest BCUT2D eigenvalue weighted by Crippen LogP contribution is -2.39. The fourth-order valence-corrected chi connectivity index (χ4v) is 3.59. The first-order valence-electron chi connectivity index (χ1n) is 7.05. The number of aromatic nitrogens is 2. The molecule has 1 aromatic carbocycles. The van der Waals surface area contributed by atoms with E-state index >= 15 is 0 Å². The molecule has 0 saturated carbocycles. The van der Waals surface area contributed by atoms with E-state index in [1.807, 2.05) is 25.3 Å². The molecule has 2 unspecified atom stereocenters. The smallest absolute Gasteiger partial charge is 0.244 e. The number of anilines is 1. The van der Waals surface area contributed by atoms with Gasteiger partial charge in [-0.05, 0) is 25.7 Å². The van der Waals surface area contributed by atoms with Gasteiger partial charge in [-0.3, -0.25) is 10.1 Å². The molecular weight excluding hydrogens is 334 g/mol. The number of carbonyl (C=O) groups excluding carboxylic acids is 1. The highest BCUT2D eigenvalue weighted by Crippen LogP contribution is 2.31. The molecule has 0 spiro atoms. The summed E-state index contributed by atoms with van der Waals surface area (Å²) < 4.78 is 0.806. The maximum atomic E-state index is 12.3. The number of nitrogens with zero attached hydrogens (tertiary/aromatic N) is 2. The van der Waals surface area contributed by atoms with Gasteiger partial charge < -0.3 is 5.11 Å². The van der Waals surface area contributed by atoms with Crippen LogP contribution in [0.2, 0.25) is 0 Å². The zero-order valence-corrected chi connectivity index (χ0v) is 14.3. The Hall–Kier alpha value is -1.68. The first-order valence-corrected chi connectivity index (χ1v) is 9.10. The average Bonchev–Trinajstić information content (AvgIpc) is 3.18. The Bertz CT molecular complexity index is 721. The van der Waals surface area contributed by atoms with Crippen LogP contribution < -0.4 is 16.2 Å². The van der Waals surface area contributed by atoms with Crippen LogP contribution in [0.5, 0.6) is 5.75 Å². The third-order valence-electron chi connectivity index (χ3n) is 3.59. The Labute approximate surface area is 141 Å². The van der Waals surface area contributed by atoms with Gasteiger partial charge >= 0.3 is 0 Å². The summed E-state index contributed by atoms with van der Waals surface area (Å²) in [6.45, 7) is 1.97. The molecule has 0 bridgehead atoms. The van der Waals surface area contributed by atoms with E-state index in [0.717, 1.165) is 15.5 Å². The van der Waals surface area contributed by atoms with Crippen LogP contribution in [-0.2, 0) is 4.79 Å². The molecule has 2 atom stereocenters. The van der Waals surface area contributed by atoms with Crippen molar-refractivity contribution in [3.05, 3.63) is 29.3 Å². The number of hydrogen-bond donors (Lipinski definition) is 4. The topological polar surface area (TPSA) is 99.2 Å². The molecular formula is C14H17N5O2S2. The molecule has 2 heterocycles. The number of carbonyl (C=O) groups is 1. The number of phenolic OH excluding ortho intramolecular Hbond substituents is 1. The van der Waals surface area contributed by atoms with Crippen molar-refractivity contribution >= 4 is 34.1 Å². The van der Waals surface area contributed by atoms with Crippen molar-refractivity contribution < 1.29 is 9.90 Å². The lowest BCUT2D eigenvalue weighted by Gasteiger charge is -2.12. The highest BCUT2D eigenvalue weighted by molar-refractivity contribution is 8.00. The zero-order valence-electron chi connectivity index (χ0n) is 12.7. The number of aromatic hydroxyl groups is 1. The second-order valence-electron chi connectivity index (χ2n) is 5.26. The standard InChI is InChI=1S/C14H17N5O2S2/c1-7-3-4-11(20)8(5-7)9-6-10(17-16-9)12(21)15-13-18-19-14(22-2)23-13/h3-5,9-10,16-17,20H,6H2,1-2H3,(H,15,18,21). The van der Waals surface area contributed by atoms with Crippen LogP contribution in [0.15, 0.2) is 22.5 Å². The molecule has 0 aliphatic carbocycles. The molecule has 122 valence electrons. The number of hydrazine groups is 1. The summed E-state index contributed by atoms with van der Waals surface area (Å²) in [4.78, 5) is 12.3. The van der Waals surface area contributed by atoms with Crippen LogP contribution in [0.25, 0.3) is 0 Å². The fourth-order valence-electron chi connectivity index (χ4n) is 2.42. The third-order valence-corrected chi connectivity index (χ3v) is 5.40. The van der Waals surface area contributed by atoms with Crippen molar-refractivity contribution in [2.75, 3.05) is 11.6 Å². The van der Waals surface area contributed by atoms with Gasteiger partial charge in [0.05, 0.1) is 6.04 Å². The molecule has 2 aromatic rings. The number of amides is 1. The first kappa shape index (κ1) is 16.2. The van der Waals surface area contributed by atoms with Crippen molar-refractivity contribution in [3.8, 4) is 5.75 Å². The normalized spacial score (nSPS) is 20.6. The number of benzene rings is 1. The number of nitrogens with one attached hydrogen (secondary N) is 3. The first-order chi connectivity index (χ1) is 11.1. The minimum Gasteiger partial charge on any atom is -0.508 e.